The van der Waals surface area contributed by atoms with E-state index in [1.165, 1.54) is 12.1 Å². The Kier molecular flexibility index (Phi) is 4.11. The second kappa shape index (κ2) is 5.68. The highest BCUT2D eigenvalue weighted by molar-refractivity contribution is 5.59. The van der Waals surface area contributed by atoms with Gasteiger partial charge < -0.3 is 10.4 Å². The first kappa shape index (κ1) is 15.2. The average Bonchev–Trinajstić information content (AvgIpc) is 2.43. The van der Waals surface area contributed by atoms with E-state index in [1.807, 2.05) is 0 Å². The predicted octanol–water partition coefficient (Wildman–Crippen LogP) is 4.64. The molecule has 2 aromatic rings. The smallest absolute Gasteiger partial charge is 0.416 e. The minimum Gasteiger partial charge on any atom is -0.507 e. The molecule has 0 aliphatic heterocycles. The van der Waals surface area contributed by atoms with E-state index in [0.29, 0.717) is 11.3 Å². The highest BCUT2D eigenvalue weighted by Gasteiger charge is 2.32. The monoisotopic (exact) mass is 295 g/mol. The first-order chi connectivity index (χ1) is 9.80. The Labute approximate surface area is 121 Å². The fourth-order valence-corrected chi connectivity index (χ4v) is 2.17. The second-order valence-electron chi connectivity index (χ2n) is 4.91. The minimum atomic E-state index is -4.37. The topological polar surface area (TPSA) is 32.3 Å². The van der Waals surface area contributed by atoms with Crippen LogP contribution >= 0.6 is 0 Å². The molecule has 0 heterocycles. The molecule has 5 heteroatoms. The molecule has 0 aliphatic rings. The van der Waals surface area contributed by atoms with Crippen LogP contribution in [0.3, 0.4) is 0 Å². The third-order valence-corrected chi connectivity index (χ3v) is 3.42. The molecule has 112 valence electrons. The molecule has 0 bridgehead atoms. The summed E-state index contributed by atoms with van der Waals surface area (Å²) in [6.45, 7) is 3.53. The molecule has 0 saturated heterocycles. The van der Waals surface area contributed by atoms with E-state index in [1.54, 1.807) is 32.0 Å². The van der Waals surface area contributed by atoms with Crippen LogP contribution in [-0.2, 0) is 12.7 Å². The fraction of sp³-hybridized carbons (Fsp3) is 0.250. The van der Waals surface area contributed by atoms with Crippen molar-refractivity contribution in [1.82, 2.24) is 0 Å². The third kappa shape index (κ3) is 3.29. The van der Waals surface area contributed by atoms with Crippen LogP contribution < -0.4 is 5.32 Å². The Morgan fingerprint density at radius 3 is 2.38 bits per heavy atom. The fourth-order valence-electron chi connectivity index (χ4n) is 2.17. The lowest BCUT2D eigenvalue weighted by atomic mass is 10.1. The van der Waals surface area contributed by atoms with E-state index in [0.717, 1.165) is 11.6 Å². The zero-order chi connectivity index (χ0) is 15.6. The number of benzene rings is 2. The molecule has 2 rings (SSSR count). The van der Waals surface area contributed by atoms with Gasteiger partial charge in [0.25, 0.3) is 0 Å². The third-order valence-electron chi connectivity index (χ3n) is 3.42. The number of alkyl halides is 3. The minimum absolute atomic E-state index is 0.0407. The van der Waals surface area contributed by atoms with E-state index in [-0.39, 0.29) is 17.9 Å². The summed E-state index contributed by atoms with van der Waals surface area (Å²) in [7, 11) is 0. The summed E-state index contributed by atoms with van der Waals surface area (Å²) in [5.74, 6) is 0.157. The molecule has 0 spiro atoms. The number of anilines is 1. The number of aryl methyl sites for hydroxylation is 1. The van der Waals surface area contributed by atoms with Crippen molar-refractivity contribution in [3.63, 3.8) is 0 Å². The van der Waals surface area contributed by atoms with E-state index >= 15 is 0 Å². The number of hydrogen-bond donors (Lipinski definition) is 2. The van der Waals surface area contributed by atoms with Crippen molar-refractivity contribution in [2.45, 2.75) is 26.6 Å². The van der Waals surface area contributed by atoms with Crippen LogP contribution in [0.1, 0.15) is 22.3 Å². The number of nitrogens with one attached hydrogen (secondary N) is 1. The standard InChI is InChI=1S/C16H16F3NO/c1-10-7-8-14(11(2)15(10)21)20-9-12-5-3-4-6-13(12)16(17,18)19/h3-8,20-21H,9H2,1-2H3. The van der Waals surface area contributed by atoms with Crippen LogP contribution in [0.2, 0.25) is 0 Å². The van der Waals surface area contributed by atoms with Crippen LogP contribution in [0.15, 0.2) is 36.4 Å². The van der Waals surface area contributed by atoms with Gasteiger partial charge in [-0.1, -0.05) is 24.3 Å². The van der Waals surface area contributed by atoms with Gasteiger partial charge in [-0.15, -0.1) is 0 Å². The normalized spacial score (nSPS) is 11.5. The molecule has 0 aliphatic carbocycles. The van der Waals surface area contributed by atoms with Crippen LogP contribution in [0.4, 0.5) is 18.9 Å². The Bertz CT molecular complexity index is 650. The highest BCUT2D eigenvalue weighted by Crippen LogP contribution is 2.33. The van der Waals surface area contributed by atoms with E-state index in [4.69, 9.17) is 0 Å². The van der Waals surface area contributed by atoms with Gasteiger partial charge in [-0.05, 0) is 37.1 Å². The molecule has 0 aromatic heterocycles. The van der Waals surface area contributed by atoms with Crippen molar-refractivity contribution >= 4 is 5.69 Å². The van der Waals surface area contributed by atoms with Crippen molar-refractivity contribution in [3.05, 3.63) is 58.7 Å². The maximum atomic E-state index is 12.9. The maximum absolute atomic E-state index is 12.9. The number of halogens is 3. The molecule has 0 unspecified atom stereocenters. The van der Waals surface area contributed by atoms with Crippen molar-refractivity contribution in [2.24, 2.45) is 0 Å². The lowest BCUT2D eigenvalue weighted by molar-refractivity contribution is -0.138. The Morgan fingerprint density at radius 2 is 1.71 bits per heavy atom. The molecule has 0 radical (unpaired) electrons. The van der Waals surface area contributed by atoms with Gasteiger partial charge in [0.15, 0.2) is 0 Å². The Morgan fingerprint density at radius 1 is 1.05 bits per heavy atom. The molecule has 21 heavy (non-hydrogen) atoms. The molecule has 0 saturated carbocycles. The molecular formula is C16H16F3NO. The summed E-state index contributed by atoms with van der Waals surface area (Å²) < 4.78 is 38.7. The lowest BCUT2D eigenvalue weighted by Gasteiger charge is -2.16. The summed E-state index contributed by atoms with van der Waals surface area (Å²) in [5.41, 5.74) is 1.50. The van der Waals surface area contributed by atoms with Gasteiger partial charge in [-0.3, -0.25) is 0 Å². The van der Waals surface area contributed by atoms with Gasteiger partial charge in [0.1, 0.15) is 5.75 Å². The molecule has 0 atom stereocenters. The van der Waals surface area contributed by atoms with Crippen molar-refractivity contribution < 1.29 is 18.3 Å². The van der Waals surface area contributed by atoms with Crippen molar-refractivity contribution in [1.29, 1.82) is 0 Å². The summed E-state index contributed by atoms with van der Waals surface area (Å²) in [6, 6.07) is 8.93. The van der Waals surface area contributed by atoms with Gasteiger partial charge in [0.05, 0.1) is 5.56 Å². The first-order valence-corrected chi connectivity index (χ1v) is 6.49. The van der Waals surface area contributed by atoms with E-state index < -0.39 is 11.7 Å². The van der Waals surface area contributed by atoms with Crippen molar-refractivity contribution in [3.8, 4) is 5.75 Å². The van der Waals surface area contributed by atoms with Gasteiger partial charge in [-0.2, -0.15) is 13.2 Å². The second-order valence-corrected chi connectivity index (χ2v) is 4.91. The number of phenols is 1. The molecule has 0 amide bonds. The maximum Gasteiger partial charge on any atom is 0.416 e. The largest absolute Gasteiger partial charge is 0.507 e. The Balaban J connectivity index is 2.24. The average molecular weight is 295 g/mol. The van der Waals surface area contributed by atoms with Gasteiger partial charge >= 0.3 is 6.18 Å². The SMILES string of the molecule is Cc1ccc(NCc2ccccc2C(F)(F)F)c(C)c1O. The van der Waals surface area contributed by atoms with Crippen LogP contribution in [-0.4, -0.2) is 5.11 Å². The summed E-state index contributed by atoms with van der Waals surface area (Å²) in [6.07, 6.45) is -4.37. The van der Waals surface area contributed by atoms with Crippen molar-refractivity contribution in [2.75, 3.05) is 5.32 Å². The number of rotatable bonds is 3. The quantitative estimate of drug-likeness (QED) is 0.864. The summed E-state index contributed by atoms with van der Waals surface area (Å²) >= 11 is 0. The Hall–Kier alpha value is -2.17. The van der Waals surface area contributed by atoms with Crippen LogP contribution in [0, 0.1) is 13.8 Å². The van der Waals surface area contributed by atoms with Crippen LogP contribution in [0.5, 0.6) is 5.75 Å². The number of phenolic OH excluding ortho intramolecular Hbond substituents is 1. The van der Waals surface area contributed by atoms with E-state index in [2.05, 4.69) is 5.32 Å². The highest BCUT2D eigenvalue weighted by atomic mass is 19.4. The predicted molar refractivity (Wildman–Crippen MR) is 76.4 cm³/mol. The van der Waals surface area contributed by atoms with E-state index in [9.17, 15) is 18.3 Å². The zero-order valence-corrected chi connectivity index (χ0v) is 11.8. The molecule has 2 nitrogen and oxygen atoms in total. The summed E-state index contributed by atoms with van der Waals surface area (Å²) in [4.78, 5) is 0. The zero-order valence-electron chi connectivity index (χ0n) is 11.8. The number of aromatic hydroxyl groups is 1. The summed E-state index contributed by atoms with van der Waals surface area (Å²) in [5, 5.41) is 12.8. The number of hydrogen-bond acceptors (Lipinski definition) is 2. The van der Waals surface area contributed by atoms with Crippen LogP contribution in [0.25, 0.3) is 0 Å². The molecule has 0 fully saturated rings. The molecule has 2 N–H and O–H groups in total. The lowest BCUT2D eigenvalue weighted by Crippen LogP contribution is -2.12. The first-order valence-electron chi connectivity index (χ1n) is 6.49. The molecular weight excluding hydrogens is 279 g/mol. The van der Waals surface area contributed by atoms with Gasteiger partial charge in [0, 0.05) is 17.8 Å². The van der Waals surface area contributed by atoms with Gasteiger partial charge in [-0.25, -0.2) is 0 Å². The molecule has 2 aromatic carbocycles. The van der Waals surface area contributed by atoms with Gasteiger partial charge in [0.2, 0.25) is 0 Å².